The van der Waals surface area contributed by atoms with Gasteiger partial charge in [0.15, 0.2) is 5.69 Å². The van der Waals surface area contributed by atoms with Crippen molar-refractivity contribution in [1.82, 2.24) is 9.97 Å². The topological polar surface area (TPSA) is 121 Å². The number of rotatable bonds is 5. The molecule has 8 nitrogen and oxygen atoms in total. The van der Waals surface area contributed by atoms with E-state index in [4.69, 9.17) is 5.73 Å². The van der Waals surface area contributed by atoms with E-state index in [1.807, 2.05) is 0 Å². The van der Waals surface area contributed by atoms with Crippen molar-refractivity contribution in [2.24, 2.45) is 5.73 Å². The number of nitrogens with two attached hydrogens (primary N) is 1. The summed E-state index contributed by atoms with van der Waals surface area (Å²) in [4.78, 5) is 43.7. The summed E-state index contributed by atoms with van der Waals surface area (Å²) >= 11 is 0. The van der Waals surface area contributed by atoms with Crippen LogP contribution in [-0.2, 0) is 0 Å². The standard InChI is InChI=1S/C19H16FN5O3/c1-25(19(28)16-15(17(21)26)22-10-23-16)12-8-6-11(7-9-12)24-18(27)13-4-2-3-5-14(13)20/h2-10H,1H3,(H2,21,26)(H,22,23)(H,24,27). The average molecular weight is 381 g/mol. The molecule has 0 aliphatic heterocycles. The van der Waals surface area contributed by atoms with E-state index in [0.29, 0.717) is 11.4 Å². The van der Waals surface area contributed by atoms with E-state index in [1.54, 1.807) is 30.3 Å². The lowest BCUT2D eigenvalue weighted by Crippen LogP contribution is -2.29. The fraction of sp³-hybridized carbons (Fsp3) is 0.0526. The van der Waals surface area contributed by atoms with Crippen molar-refractivity contribution < 1.29 is 18.8 Å². The number of H-pyrrole nitrogens is 1. The molecule has 142 valence electrons. The Hall–Kier alpha value is -4.01. The first-order valence-corrected chi connectivity index (χ1v) is 8.15. The Morgan fingerprint density at radius 1 is 1.11 bits per heavy atom. The van der Waals surface area contributed by atoms with Crippen molar-refractivity contribution in [2.45, 2.75) is 0 Å². The molecule has 3 aromatic rings. The number of hydrogen-bond acceptors (Lipinski definition) is 4. The summed E-state index contributed by atoms with van der Waals surface area (Å²) in [6.45, 7) is 0. The third-order valence-corrected chi connectivity index (χ3v) is 4.02. The van der Waals surface area contributed by atoms with Gasteiger partial charge >= 0.3 is 0 Å². The Bertz CT molecular complexity index is 1050. The first kappa shape index (κ1) is 18.8. The van der Waals surface area contributed by atoms with Gasteiger partial charge in [0.1, 0.15) is 11.5 Å². The fourth-order valence-corrected chi connectivity index (χ4v) is 2.54. The zero-order chi connectivity index (χ0) is 20.3. The van der Waals surface area contributed by atoms with Crippen LogP contribution in [0, 0.1) is 5.82 Å². The molecule has 0 saturated carbocycles. The molecule has 28 heavy (non-hydrogen) atoms. The summed E-state index contributed by atoms with van der Waals surface area (Å²) in [5.74, 6) is -2.52. The van der Waals surface area contributed by atoms with E-state index in [-0.39, 0.29) is 17.0 Å². The van der Waals surface area contributed by atoms with Crippen LogP contribution in [0.15, 0.2) is 54.9 Å². The summed E-state index contributed by atoms with van der Waals surface area (Å²) in [5, 5.41) is 2.59. The third kappa shape index (κ3) is 3.73. The molecule has 9 heteroatoms. The molecule has 0 spiro atoms. The van der Waals surface area contributed by atoms with E-state index in [1.165, 1.54) is 36.5 Å². The highest BCUT2D eigenvalue weighted by Crippen LogP contribution is 2.20. The normalized spacial score (nSPS) is 10.4. The van der Waals surface area contributed by atoms with Gasteiger partial charge in [0, 0.05) is 18.4 Å². The molecular formula is C19H16FN5O3. The van der Waals surface area contributed by atoms with Gasteiger partial charge in [-0.25, -0.2) is 9.37 Å². The smallest absolute Gasteiger partial charge is 0.276 e. The number of imidazole rings is 1. The number of carbonyl (C=O) groups excluding carboxylic acids is 3. The highest BCUT2D eigenvalue weighted by atomic mass is 19.1. The Morgan fingerprint density at radius 3 is 2.43 bits per heavy atom. The maximum Gasteiger partial charge on any atom is 0.276 e. The summed E-state index contributed by atoms with van der Waals surface area (Å²) in [5.41, 5.74) is 5.89. The van der Waals surface area contributed by atoms with Gasteiger partial charge in [-0.05, 0) is 36.4 Å². The largest absolute Gasteiger partial charge is 0.364 e. The van der Waals surface area contributed by atoms with E-state index in [2.05, 4.69) is 15.3 Å². The molecule has 0 radical (unpaired) electrons. The molecule has 0 bridgehead atoms. The van der Waals surface area contributed by atoms with E-state index < -0.39 is 23.5 Å². The van der Waals surface area contributed by atoms with Gasteiger partial charge in [-0.15, -0.1) is 0 Å². The highest BCUT2D eigenvalue weighted by molar-refractivity contribution is 6.11. The second-order valence-electron chi connectivity index (χ2n) is 5.84. The van der Waals surface area contributed by atoms with E-state index >= 15 is 0 Å². The quantitative estimate of drug-likeness (QED) is 0.627. The lowest BCUT2D eigenvalue weighted by Gasteiger charge is -2.17. The summed E-state index contributed by atoms with van der Waals surface area (Å²) in [7, 11) is 1.51. The molecule has 1 aromatic heterocycles. The van der Waals surface area contributed by atoms with Crippen molar-refractivity contribution in [1.29, 1.82) is 0 Å². The van der Waals surface area contributed by atoms with Gasteiger partial charge < -0.3 is 20.9 Å². The van der Waals surface area contributed by atoms with Crippen LogP contribution < -0.4 is 16.0 Å². The predicted molar refractivity (Wildman–Crippen MR) is 101 cm³/mol. The van der Waals surface area contributed by atoms with Gasteiger partial charge in [0.25, 0.3) is 17.7 Å². The molecular weight excluding hydrogens is 365 g/mol. The number of nitrogens with zero attached hydrogens (tertiary/aromatic N) is 2. The van der Waals surface area contributed by atoms with E-state index in [9.17, 15) is 18.8 Å². The number of hydrogen-bond donors (Lipinski definition) is 3. The first-order valence-electron chi connectivity index (χ1n) is 8.15. The molecule has 0 fully saturated rings. The van der Waals surface area contributed by atoms with Crippen LogP contribution in [-0.4, -0.2) is 34.7 Å². The number of nitrogens with one attached hydrogen (secondary N) is 2. The molecule has 0 saturated heterocycles. The van der Waals surface area contributed by atoms with Crippen molar-refractivity contribution in [3.05, 3.63) is 77.6 Å². The van der Waals surface area contributed by atoms with Gasteiger partial charge in [0.2, 0.25) is 0 Å². The third-order valence-electron chi connectivity index (χ3n) is 4.02. The number of benzene rings is 2. The SMILES string of the molecule is CN(C(=O)c1[nH]cnc1C(N)=O)c1ccc(NC(=O)c2ccccc2F)cc1. The number of halogens is 1. The Kier molecular flexibility index (Phi) is 5.16. The van der Waals surface area contributed by atoms with Crippen LogP contribution in [0.3, 0.4) is 0 Å². The maximum absolute atomic E-state index is 13.7. The zero-order valence-corrected chi connectivity index (χ0v) is 14.8. The number of amides is 3. The fourth-order valence-electron chi connectivity index (χ4n) is 2.54. The molecule has 0 aliphatic carbocycles. The van der Waals surface area contributed by atoms with Gasteiger partial charge in [-0.2, -0.15) is 0 Å². The Balaban J connectivity index is 1.74. The molecule has 0 unspecified atom stereocenters. The monoisotopic (exact) mass is 381 g/mol. The van der Waals surface area contributed by atoms with Crippen LogP contribution in [0.25, 0.3) is 0 Å². The van der Waals surface area contributed by atoms with Gasteiger partial charge in [-0.1, -0.05) is 12.1 Å². The summed E-state index contributed by atoms with van der Waals surface area (Å²) in [6, 6.07) is 12.0. The second-order valence-corrected chi connectivity index (χ2v) is 5.84. The molecule has 0 aliphatic rings. The number of primary amides is 1. The van der Waals surface area contributed by atoms with Crippen LogP contribution in [0.1, 0.15) is 31.3 Å². The molecule has 3 rings (SSSR count). The summed E-state index contributed by atoms with van der Waals surface area (Å²) in [6.07, 6.45) is 1.21. The lowest BCUT2D eigenvalue weighted by molar-refractivity contribution is 0.0958. The van der Waals surface area contributed by atoms with Crippen LogP contribution >= 0.6 is 0 Å². The number of carbonyl (C=O) groups is 3. The number of aromatic amines is 1. The molecule has 2 aromatic carbocycles. The average Bonchev–Trinajstić information content (AvgIpc) is 3.18. The van der Waals surface area contributed by atoms with Gasteiger partial charge in [-0.3, -0.25) is 14.4 Å². The van der Waals surface area contributed by atoms with Crippen LogP contribution in [0.5, 0.6) is 0 Å². The van der Waals surface area contributed by atoms with Crippen molar-refractivity contribution >= 4 is 29.1 Å². The molecule has 4 N–H and O–H groups in total. The predicted octanol–water partition coefficient (Wildman–Crippen LogP) is 2.18. The maximum atomic E-state index is 13.7. The van der Waals surface area contributed by atoms with E-state index in [0.717, 1.165) is 0 Å². The zero-order valence-electron chi connectivity index (χ0n) is 14.8. The molecule has 3 amide bonds. The van der Waals surface area contributed by atoms with Crippen molar-refractivity contribution in [3.63, 3.8) is 0 Å². The first-order chi connectivity index (χ1) is 13.4. The Morgan fingerprint density at radius 2 is 1.79 bits per heavy atom. The summed E-state index contributed by atoms with van der Waals surface area (Å²) < 4.78 is 13.7. The number of aromatic nitrogens is 2. The molecule has 0 atom stereocenters. The van der Waals surface area contributed by atoms with Crippen molar-refractivity contribution in [2.75, 3.05) is 17.3 Å². The minimum atomic E-state index is -0.816. The number of anilines is 2. The minimum absolute atomic E-state index is 0.0214. The second kappa shape index (κ2) is 7.70. The van der Waals surface area contributed by atoms with Gasteiger partial charge in [0.05, 0.1) is 11.9 Å². The lowest BCUT2D eigenvalue weighted by atomic mass is 10.2. The Labute approximate surface area is 159 Å². The van der Waals surface area contributed by atoms with Crippen molar-refractivity contribution in [3.8, 4) is 0 Å². The molecule has 1 heterocycles. The minimum Gasteiger partial charge on any atom is -0.364 e. The van der Waals surface area contributed by atoms with Crippen LogP contribution in [0.4, 0.5) is 15.8 Å². The highest BCUT2D eigenvalue weighted by Gasteiger charge is 2.22. The van der Waals surface area contributed by atoms with Crippen LogP contribution in [0.2, 0.25) is 0 Å².